The maximum atomic E-state index is 6.12. The molecule has 0 unspecified atom stereocenters. The third-order valence-electron chi connectivity index (χ3n) is 3.07. The predicted octanol–water partition coefficient (Wildman–Crippen LogP) is 4.17. The fraction of sp³-hybridized carbons (Fsp3) is 0.357. The summed E-state index contributed by atoms with van der Waals surface area (Å²) in [4.78, 5) is 0. The van der Waals surface area contributed by atoms with Crippen LogP contribution in [0.3, 0.4) is 0 Å². The van der Waals surface area contributed by atoms with Crippen molar-refractivity contribution in [3.05, 3.63) is 33.9 Å². The Bertz CT molecular complexity index is 602. The minimum absolute atomic E-state index is 0.256. The minimum Gasteiger partial charge on any atom is -0.394 e. The molecule has 4 nitrogen and oxygen atoms in total. The summed E-state index contributed by atoms with van der Waals surface area (Å²) < 4.78 is 2.96. The molecule has 0 fully saturated rings. The molecule has 0 aliphatic heterocycles. The number of hydrogen-bond donors (Lipinski definition) is 2. The molecule has 0 radical (unpaired) electrons. The smallest absolute Gasteiger partial charge is 0.152 e. The van der Waals surface area contributed by atoms with Crippen molar-refractivity contribution >= 4 is 33.1 Å². The van der Waals surface area contributed by atoms with Crippen LogP contribution in [0.5, 0.6) is 0 Å². The summed E-state index contributed by atoms with van der Waals surface area (Å²) in [6.45, 7) is 8.16. The zero-order valence-electron chi connectivity index (χ0n) is 11.7. The Kier molecular flexibility index (Phi) is 3.85. The van der Waals surface area contributed by atoms with Crippen LogP contribution in [0.15, 0.2) is 22.7 Å². The number of aryl methyl sites for hydroxylation is 2. The first-order chi connectivity index (χ1) is 8.90. The average Bonchev–Trinajstić information content (AvgIpc) is 2.62. The fourth-order valence-electron chi connectivity index (χ4n) is 1.91. The lowest BCUT2D eigenvalue weighted by atomic mass is 10.2. The lowest BCUT2D eigenvalue weighted by molar-refractivity contribution is 0.536. The summed E-state index contributed by atoms with van der Waals surface area (Å²) in [5.41, 5.74) is 9.87. The van der Waals surface area contributed by atoms with E-state index in [0.717, 1.165) is 27.2 Å². The van der Waals surface area contributed by atoms with Crippen LogP contribution in [-0.4, -0.2) is 9.78 Å². The Balaban J connectivity index is 2.45. The lowest BCUT2D eigenvalue weighted by Gasteiger charge is -2.15. The SMILES string of the molecule is Cc1ccc(Br)cc1Nc1c(N)c(C)nn1C(C)C. The van der Waals surface area contributed by atoms with Crippen molar-refractivity contribution < 1.29 is 0 Å². The van der Waals surface area contributed by atoms with E-state index in [4.69, 9.17) is 5.73 Å². The fourth-order valence-corrected chi connectivity index (χ4v) is 2.28. The van der Waals surface area contributed by atoms with Gasteiger partial charge in [-0.2, -0.15) is 5.10 Å². The maximum Gasteiger partial charge on any atom is 0.152 e. The number of rotatable bonds is 3. The third kappa shape index (κ3) is 2.76. The van der Waals surface area contributed by atoms with Gasteiger partial charge in [0.2, 0.25) is 0 Å². The van der Waals surface area contributed by atoms with E-state index in [1.165, 1.54) is 0 Å². The number of nitrogens with zero attached hydrogens (tertiary/aromatic N) is 2. The molecule has 0 atom stereocenters. The molecule has 0 saturated carbocycles. The standard InChI is InChI=1S/C14H19BrN4/c1-8(2)19-14(13(16)10(4)18-19)17-12-7-11(15)6-5-9(12)3/h5-8,17H,16H2,1-4H3. The molecule has 0 aliphatic rings. The Morgan fingerprint density at radius 3 is 2.63 bits per heavy atom. The van der Waals surface area contributed by atoms with Gasteiger partial charge in [-0.15, -0.1) is 0 Å². The van der Waals surface area contributed by atoms with E-state index in [9.17, 15) is 0 Å². The molecule has 3 N–H and O–H groups in total. The van der Waals surface area contributed by atoms with E-state index >= 15 is 0 Å². The van der Waals surface area contributed by atoms with Crippen LogP contribution in [0.1, 0.15) is 31.1 Å². The predicted molar refractivity (Wildman–Crippen MR) is 83.9 cm³/mol. The Hall–Kier alpha value is -1.49. The van der Waals surface area contributed by atoms with E-state index < -0.39 is 0 Å². The van der Waals surface area contributed by atoms with E-state index in [0.29, 0.717) is 5.69 Å². The minimum atomic E-state index is 0.256. The second-order valence-electron chi connectivity index (χ2n) is 4.97. The summed E-state index contributed by atoms with van der Waals surface area (Å²) in [5, 5.41) is 7.87. The van der Waals surface area contributed by atoms with Gasteiger partial charge in [-0.05, 0) is 45.4 Å². The molecular formula is C14H19BrN4. The second-order valence-corrected chi connectivity index (χ2v) is 5.89. The zero-order valence-corrected chi connectivity index (χ0v) is 13.2. The number of benzene rings is 1. The summed E-state index contributed by atoms with van der Waals surface area (Å²) in [5.74, 6) is 0.855. The highest BCUT2D eigenvalue weighted by atomic mass is 79.9. The van der Waals surface area contributed by atoms with Gasteiger partial charge < -0.3 is 11.1 Å². The third-order valence-corrected chi connectivity index (χ3v) is 3.57. The molecule has 2 rings (SSSR count). The van der Waals surface area contributed by atoms with E-state index in [2.05, 4.69) is 53.2 Å². The van der Waals surface area contributed by atoms with Gasteiger partial charge >= 0.3 is 0 Å². The quantitative estimate of drug-likeness (QED) is 0.891. The Morgan fingerprint density at radius 2 is 2.00 bits per heavy atom. The number of nitrogen functional groups attached to an aromatic ring is 1. The van der Waals surface area contributed by atoms with E-state index in [1.54, 1.807) is 0 Å². The van der Waals surface area contributed by atoms with Crippen LogP contribution >= 0.6 is 15.9 Å². The van der Waals surface area contributed by atoms with Crippen LogP contribution < -0.4 is 11.1 Å². The first-order valence-corrected chi connectivity index (χ1v) is 7.07. The number of nitrogens with two attached hydrogens (primary N) is 1. The summed E-state index contributed by atoms with van der Waals surface area (Å²) >= 11 is 3.49. The number of halogens is 1. The van der Waals surface area contributed by atoms with Crippen molar-refractivity contribution in [2.24, 2.45) is 0 Å². The van der Waals surface area contributed by atoms with Gasteiger partial charge in [-0.3, -0.25) is 0 Å². The number of aromatic nitrogens is 2. The number of nitrogens with one attached hydrogen (secondary N) is 1. The maximum absolute atomic E-state index is 6.12. The molecule has 1 heterocycles. The number of anilines is 3. The largest absolute Gasteiger partial charge is 0.394 e. The van der Waals surface area contributed by atoms with Crippen molar-refractivity contribution in [2.45, 2.75) is 33.7 Å². The van der Waals surface area contributed by atoms with Gasteiger partial charge in [0.1, 0.15) is 0 Å². The molecule has 0 saturated heterocycles. The molecule has 102 valence electrons. The van der Waals surface area contributed by atoms with Gasteiger partial charge in [0.25, 0.3) is 0 Å². The van der Waals surface area contributed by atoms with Gasteiger partial charge in [0.05, 0.1) is 11.4 Å². The molecule has 0 aliphatic carbocycles. The monoisotopic (exact) mass is 322 g/mol. The van der Waals surface area contributed by atoms with Crippen molar-refractivity contribution in [1.29, 1.82) is 0 Å². The van der Waals surface area contributed by atoms with Crippen molar-refractivity contribution in [1.82, 2.24) is 9.78 Å². The summed E-state index contributed by atoms with van der Waals surface area (Å²) in [6.07, 6.45) is 0. The zero-order chi connectivity index (χ0) is 14.2. The van der Waals surface area contributed by atoms with Crippen molar-refractivity contribution in [3.8, 4) is 0 Å². The topological polar surface area (TPSA) is 55.9 Å². The molecule has 0 spiro atoms. The van der Waals surface area contributed by atoms with Crippen molar-refractivity contribution in [3.63, 3.8) is 0 Å². The van der Waals surface area contributed by atoms with Crippen LogP contribution in [-0.2, 0) is 0 Å². The highest BCUT2D eigenvalue weighted by Gasteiger charge is 2.15. The van der Waals surface area contributed by atoms with Gasteiger partial charge in [-0.25, -0.2) is 4.68 Å². The van der Waals surface area contributed by atoms with Gasteiger partial charge in [-0.1, -0.05) is 22.0 Å². The number of hydrogen-bond acceptors (Lipinski definition) is 3. The molecule has 1 aromatic heterocycles. The average molecular weight is 323 g/mol. The van der Waals surface area contributed by atoms with Gasteiger partial charge in [0, 0.05) is 16.2 Å². The first-order valence-electron chi connectivity index (χ1n) is 6.28. The second kappa shape index (κ2) is 5.25. The molecule has 2 aromatic rings. The summed E-state index contributed by atoms with van der Waals surface area (Å²) in [7, 11) is 0. The Morgan fingerprint density at radius 1 is 1.32 bits per heavy atom. The lowest BCUT2D eigenvalue weighted by Crippen LogP contribution is -2.08. The van der Waals surface area contributed by atoms with Crippen molar-refractivity contribution in [2.75, 3.05) is 11.1 Å². The van der Waals surface area contributed by atoms with Crippen LogP contribution in [0.2, 0.25) is 0 Å². The van der Waals surface area contributed by atoms with Gasteiger partial charge in [0.15, 0.2) is 5.82 Å². The van der Waals surface area contributed by atoms with Crippen LogP contribution in [0.4, 0.5) is 17.2 Å². The molecule has 0 bridgehead atoms. The highest BCUT2D eigenvalue weighted by molar-refractivity contribution is 9.10. The van der Waals surface area contributed by atoms with E-state index in [-0.39, 0.29) is 6.04 Å². The highest BCUT2D eigenvalue weighted by Crippen LogP contribution is 2.31. The van der Waals surface area contributed by atoms with Crippen LogP contribution in [0.25, 0.3) is 0 Å². The Labute approximate surface area is 122 Å². The van der Waals surface area contributed by atoms with E-state index in [1.807, 2.05) is 23.7 Å². The molecule has 1 aromatic carbocycles. The molecular weight excluding hydrogens is 304 g/mol. The molecule has 5 heteroatoms. The molecule has 0 amide bonds. The first kappa shape index (κ1) is 13.9. The summed E-state index contributed by atoms with van der Waals surface area (Å²) in [6, 6.07) is 6.38. The molecule has 19 heavy (non-hydrogen) atoms. The van der Waals surface area contributed by atoms with Crippen LogP contribution in [0, 0.1) is 13.8 Å². The normalized spacial score (nSPS) is 11.1.